The van der Waals surface area contributed by atoms with Gasteiger partial charge in [0.1, 0.15) is 11.6 Å². The van der Waals surface area contributed by atoms with E-state index in [1.165, 1.54) is 17.8 Å². The Hall–Kier alpha value is -2.75. The third kappa shape index (κ3) is 3.11. The van der Waals surface area contributed by atoms with E-state index < -0.39 is 0 Å². The smallest absolute Gasteiger partial charge is 0.225 e. The van der Waals surface area contributed by atoms with Gasteiger partial charge in [0.05, 0.1) is 11.3 Å². The van der Waals surface area contributed by atoms with Gasteiger partial charge in [-0.2, -0.15) is 15.0 Å². The van der Waals surface area contributed by atoms with Crippen LogP contribution in [0.4, 0.5) is 16.3 Å². The minimum atomic E-state index is -0.367. The molecule has 3 aromatic rings. The molecular weight excluding hydrogens is 307 g/mol. The standard InChI is InChI=1S/C12H11FN8S/c13-7-4-2-1-3-6(7)9-18-12(21-20-9)22-5-8-16-10(14)19-11(15)17-8/h1-4H,5H2,(H,18,20,21)(H4,14,15,16,17,19). The van der Waals surface area contributed by atoms with Gasteiger partial charge in [0, 0.05) is 0 Å². The van der Waals surface area contributed by atoms with Crippen LogP contribution in [-0.4, -0.2) is 30.1 Å². The van der Waals surface area contributed by atoms with Crippen LogP contribution in [0, 0.1) is 5.82 Å². The minimum Gasteiger partial charge on any atom is -0.368 e. The molecule has 0 aliphatic rings. The number of anilines is 2. The monoisotopic (exact) mass is 318 g/mol. The predicted molar refractivity (Wildman–Crippen MR) is 80.0 cm³/mol. The lowest BCUT2D eigenvalue weighted by Crippen LogP contribution is -2.05. The van der Waals surface area contributed by atoms with Gasteiger partial charge in [-0.15, -0.1) is 5.10 Å². The van der Waals surface area contributed by atoms with Gasteiger partial charge in [0.2, 0.25) is 17.1 Å². The SMILES string of the molecule is Nc1nc(N)nc(CSc2n[nH]c(-c3ccccc3F)n2)n1. The number of hydrogen-bond donors (Lipinski definition) is 3. The average Bonchev–Trinajstić information content (AvgIpc) is 2.93. The second-order valence-electron chi connectivity index (χ2n) is 4.20. The van der Waals surface area contributed by atoms with E-state index in [0.717, 1.165) is 0 Å². The highest BCUT2D eigenvalue weighted by Crippen LogP contribution is 2.23. The zero-order chi connectivity index (χ0) is 15.5. The summed E-state index contributed by atoms with van der Waals surface area (Å²) in [6.45, 7) is 0. The van der Waals surface area contributed by atoms with E-state index in [4.69, 9.17) is 11.5 Å². The normalized spacial score (nSPS) is 10.8. The van der Waals surface area contributed by atoms with E-state index in [-0.39, 0.29) is 17.7 Å². The molecular formula is C12H11FN8S. The fraction of sp³-hybridized carbons (Fsp3) is 0.0833. The van der Waals surface area contributed by atoms with Gasteiger partial charge in [0.25, 0.3) is 0 Å². The maximum Gasteiger partial charge on any atom is 0.225 e. The number of nitrogens with two attached hydrogens (primary N) is 2. The Morgan fingerprint density at radius 3 is 2.50 bits per heavy atom. The van der Waals surface area contributed by atoms with Crippen molar-refractivity contribution in [2.24, 2.45) is 0 Å². The molecule has 2 aromatic heterocycles. The number of thioether (sulfide) groups is 1. The van der Waals surface area contributed by atoms with E-state index in [2.05, 4.69) is 30.1 Å². The molecule has 10 heteroatoms. The highest BCUT2D eigenvalue weighted by molar-refractivity contribution is 7.98. The molecule has 22 heavy (non-hydrogen) atoms. The lowest BCUT2D eigenvalue weighted by atomic mass is 10.2. The summed E-state index contributed by atoms with van der Waals surface area (Å²) in [6, 6.07) is 6.32. The molecule has 0 unspecified atom stereocenters. The van der Waals surface area contributed by atoms with Gasteiger partial charge in [-0.1, -0.05) is 23.9 Å². The summed E-state index contributed by atoms with van der Waals surface area (Å²) in [7, 11) is 0. The van der Waals surface area contributed by atoms with Gasteiger partial charge in [-0.05, 0) is 12.1 Å². The highest BCUT2D eigenvalue weighted by Gasteiger charge is 2.11. The van der Waals surface area contributed by atoms with Crippen LogP contribution in [0.3, 0.4) is 0 Å². The van der Waals surface area contributed by atoms with Crippen molar-refractivity contribution >= 4 is 23.7 Å². The molecule has 0 atom stereocenters. The maximum atomic E-state index is 13.7. The van der Waals surface area contributed by atoms with Gasteiger partial charge in [0.15, 0.2) is 5.82 Å². The molecule has 0 saturated carbocycles. The number of aromatic amines is 1. The number of hydrogen-bond acceptors (Lipinski definition) is 8. The molecule has 3 rings (SSSR count). The summed E-state index contributed by atoms with van der Waals surface area (Å²) in [5.74, 6) is 0.900. The Bertz CT molecular complexity index is 785. The Kier molecular flexibility index (Phi) is 3.83. The zero-order valence-corrected chi connectivity index (χ0v) is 12.0. The van der Waals surface area contributed by atoms with Crippen molar-refractivity contribution in [3.63, 3.8) is 0 Å². The van der Waals surface area contributed by atoms with Crippen molar-refractivity contribution < 1.29 is 4.39 Å². The largest absolute Gasteiger partial charge is 0.368 e. The Labute approximate surface area is 128 Å². The highest BCUT2D eigenvalue weighted by atomic mass is 32.2. The number of nitrogen functional groups attached to an aromatic ring is 2. The van der Waals surface area contributed by atoms with Crippen molar-refractivity contribution in [2.75, 3.05) is 11.5 Å². The van der Waals surface area contributed by atoms with E-state index >= 15 is 0 Å². The second kappa shape index (κ2) is 5.93. The Morgan fingerprint density at radius 2 is 1.77 bits per heavy atom. The van der Waals surface area contributed by atoms with Crippen LogP contribution in [0.5, 0.6) is 0 Å². The number of rotatable bonds is 4. The average molecular weight is 318 g/mol. The molecule has 0 aliphatic heterocycles. The summed E-state index contributed by atoms with van der Waals surface area (Å²) in [4.78, 5) is 15.8. The van der Waals surface area contributed by atoms with Crippen LogP contribution in [0.25, 0.3) is 11.4 Å². The summed E-state index contributed by atoms with van der Waals surface area (Å²) < 4.78 is 13.7. The van der Waals surface area contributed by atoms with Gasteiger partial charge >= 0.3 is 0 Å². The molecule has 0 spiro atoms. The number of nitrogens with one attached hydrogen (secondary N) is 1. The number of halogens is 1. The molecule has 1 aromatic carbocycles. The van der Waals surface area contributed by atoms with Crippen molar-refractivity contribution in [3.05, 3.63) is 35.9 Å². The van der Waals surface area contributed by atoms with Crippen LogP contribution < -0.4 is 11.5 Å². The van der Waals surface area contributed by atoms with E-state index in [9.17, 15) is 4.39 Å². The quantitative estimate of drug-likeness (QED) is 0.612. The molecule has 0 aliphatic carbocycles. The first-order valence-corrected chi connectivity index (χ1v) is 7.16. The van der Waals surface area contributed by atoms with Crippen molar-refractivity contribution in [1.82, 2.24) is 30.1 Å². The molecule has 0 amide bonds. The Morgan fingerprint density at radius 1 is 1.05 bits per heavy atom. The lowest BCUT2D eigenvalue weighted by molar-refractivity contribution is 0.630. The fourth-order valence-corrected chi connectivity index (χ4v) is 2.39. The zero-order valence-electron chi connectivity index (χ0n) is 11.2. The Balaban J connectivity index is 1.73. The van der Waals surface area contributed by atoms with Crippen LogP contribution in [-0.2, 0) is 5.75 Å². The first-order chi connectivity index (χ1) is 10.6. The fourth-order valence-electron chi connectivity index (χ4n) is 1.74. The van der Waals surface area contributed by atoms with Gasteiger partial charge < -0.3 is 11.5 Å². The van der Waals surface area contributed by atoms with E-state index in [1.807, 2.05) is 0 Å². The number of benzene rings is 1. The molecule has 0 bridgehead atoms. The maximum absolute atomic E-state index is 13.7. The first-order valence-electron chi connectivity index (χ1n) is 6.18. The topological polar surface area (TPSA) is 132 Å². The van der Waals surface area contributed by atoms with Crippen molar-refractivity contribution in [1.29, 1.82) is 0 Å². The van der Waals surface area contributed by atoms with Crippen LogP contribution in [0.15, 0.2) is 29.4 Å². The van der Waals surface area contributed by atoms with Crippen LogP contribution in [0.1, 0.15) is 5.82 Å². The molecule has 0 fully saturated rings. The molecule has 2 heterocycles. The van der Waals surface area contributed by atoms with Crippen molar-refractivity contribution in [3.8, 4) is 11.4 Å². The first kappa shape index (κ1) is 14.2. The van der Waals surface area contributed by atoms with Crippen LogP contribution >= 0.6 is 11.8 Å². The van der Waals surface area contributed by atoms with E-state index in [1.54, 1.807) is 18.2 Å². The van der Waals surface area contributed by atoms with E-state index in [0.29, 0.717) is 28.1 Å². The summed E-state index contributed by atoms with van der Waals surface area (Å²) >= 11 is 1.27. The second-order valence-corrected chi connectivity index (χ2v) is 5.15. The predicted octanol–water partition coefficient (Wildman–Crippen LogP) is 1.25. The minimum absolute atomic E-state index is 0.0603. The number of H-pyrrole nitrogens is 1. The summed E-state index contributed by atoms with van der Waals surface area (Å²) in [6.07, 6.45) is 0. The third-order valence-corrected chi connectivity index (χ3v) is 3.48. The lowest BCUT2D eigenvalue weighted by Gasteiger charge is -1.99. The van der Waals surface area contributed by atoms with Gasteiger partial charge in [-0.3, -0.25) is 5.10 Å². The van der Waals surface area contributed by atoms with Crippen LogP contribution in [0.2, 0.25) is 0 Å². The molecule has 0 radical (unpaired) electrons. The third-order valence-electron chi connectivity index (χ3n) is 2.64. The number of aromatic nitrogens is 6. The number of nitrogens with zero attached hydrogens (tertiary/aromatic N) is 5. The molecule has 0 saturated heterocycles. The van der Waals surface area contributed by atoms with Crippen molar-refractivity contribution in [2.45, 2.75) is 10.9 Å². The van der Waals surface area contributed by atoms with Gasteiger partial charge in [-0.25, -0.2) is 9.37 Å². The summed E-state index contributed by atoms with van der Waals surface area (Å²) in [5.41, 5.74) is 11.3. The molecule has 112 valence electrons. The molecule has 5 N–H and O–H groups in total. The molecule has 8 nitrogen and oxygen atoms in total. The summed E-state index contributed by atoms with van der Waals surface area (Å²) in [5, 5.41) is 7.16.